The first-order chi connectivity index (χ1) is 11.7. The number of methoxy groups -OCH3 is 1. The van der Waals surface area contributed by atoms with Crippen molar-refractivity contribution in [2.45, 2.75) is 6.92 Å². The van der Waals surface area contributed by atoms with Crippen LogP contribution in [-0.2, 0) is 0 Å². The zero-order chi connectivity index (χ0) is 16.5. The van der Waals surface area contributed by atoms with E-state index >= 15 is 0 Å². The van der Waals surface area contributed by atoms with Crippen LogP contribution < -0.4 is 4.74 Å². The number of hydrogen-bond acceptors (Lipinski definition) is 4. The molecule has 4 aromatic rings. The quantitative estimate of drug-likeness (QED) is 0.541. The largest absolute Gasteiger partial charge is 0.496 e. The van der Waals surface area contributed by atoms with Gasteiger partial charge in [0.1, 0.15) is 11.3 Å². The molecule has 0 spiro atoms. The van der Waals surface area contributed by atoms with Gasteiger partial charge in [-0.1, -0.05) is 18.2 Å². The summed E-state index contributed by atoms with van der Waals surface area (Å²) < 4.78 is 11.4. The Labute approximate surface area is 139 Å². The van der Waals surface area contributed by atoms with Crippen molar-refractivity contribution in [3.05, 3.63) is 66.4 Å². The van der Waals surface area contributed by atoms with Crippen molar-refractivity contribution in [3.63, 3.8) is 0 Å². The van der Waals surface area contributed by atoms with Gasteiger partial charge in [0, 0.05) is 16.8 Å². The molecule has 2 aromatic carbocycles. The molecule has 0 N–H and O–H groups in total. The lowest BCUT2D eigenvalue weighted by Gasteiger charge is -2.09. The predicted molar refractivity (Wildman–Crippen MR) is 94.0 cm³/mol. The Kier molecular flexibility index (Phi) is 3.50. The third-order valence-electron chi connectivity index (χ3n) is 3.91. The van der Waals surface area contributed by atoms with Crippen LogP contribution in [0.25, 0.3) is 33.8 Å². The van der Waals surface area contributed by atoms with Gasteiger partial charge >= 0.3 is 0 Å². The van der Waals surface area contributed by atoms with Gasteiger partial charge < -0.3 is 9.15 Å². The lowest BCUT2D eigenvalue weighted by molar-refractivity contribution is 0.416. The van der Waals surface area contributed by atoms with Gasteiger partial charge in [0.2, 0.25) is 5.89 Å². The molecule has 0 unspecified atom stereocenters. The number of ether oxygens (including phenoxy) is 1. The van der Waals surface area contributed by atoms with Gasteiger partial charge in [-0.3, -0.25) is 4.98 Å². The first-order valence-corrected chi connectivity index (χ1v) is 7.72. The molecule has 24 heavy (non-hydrogen) atoms. The summed E-state index contributed by atoms with van der Waals surface area (Å²) in [5.41, 5.74) is 5.29. The van der Waals surface area contributed by atoms with Crippen LogP contribution in [0, 0.1) is 6.92 Å². The molecule has 4 nitrogen and oxygen atoms in total. The fourth-order valence-corrected chi connectivity index (χ4v) is 2.72. The van der Waals surface area contributed by atoms with Gasteiger partial charge in [0.15, 0.2) is 5.58 Å². The van der Waals surface area contributed by atoms with E-state index in [1.54, 1.807) is 7.11 Å². The van der Waals surface area contributed by atoms with E-state index in [-0.39, 0.29) is 0 Å². The second kappa shape index (κ2) is 5.81. The van der Waals surface area contributed by atoms with Gasteiger partial charge in [0.05, 0.1) is 12.8 Å². The second-order valence-corrected chi connectivity index (χ2v) is 5.57. The SMILES string of the molecule is COc1cc(-c2nc3ccccc3o2)ccc1-c1cccc(C)n1. The summed E-state index contributed by atoms with van der Waals surface area (Å²) in [5.74, 6) is 1.33. The molecule has 0 saturated heterocycles. The summed E-state index contributed by atoms with van der Waals surface area (Å²) in [7, 11) is 1.66. The number of oxazole rings is 1. The highest BCUT2D eigenvalue weighted by Crippen LogP contribution is 2.34. The molecule has 0 aliphatic heterocycles. The molecule has 0 radical (unpaired) electrons. The summed E-state index contributed by atoms with van der Waals surface area (Å²) in [4.78, 5) is 9.11. The molecular weight excluding hydrogens is 300 g/mol. The smallest absolute Gasteiger partial charge is 0.227 e. The van der Waals surface area contributed by atoms with Gasteiger partial charge in [-0.25, -0.2) is 4.98 Å². The maximum Gasteiger partial charge on any atom is 0.227 e. The minimum Gasteiger partial charge on any atom is -0.496 e. The maximum absolute atomic E-state index is 5.84. The van der Waals surface area contributed by atoms with Crippen LogP contribution in [0.15, 0.2) is 65.1 Å². The zero-order valence-electron chi connectivity index (χ0n) is 13.5. The van der Waals surface area contributed by atoms with Crippen molar-refractivity contribution in [2.24, 2.45) is 0 Å². The number of aromatic nitrogens is 2. The summed E-state index contributed by atoms with van der Waals surface area (Å²) in [5, 5.41) is 0. The molecule has 0 saturated carbocycles. The molecule has 0 bridgehead atoms. The first-order valence-electron chi connectivity index (χ1n) is 7.72. The van der Waals surface area contributed by atoms with Crippen molar-refractivity contribution in [1.82, 2.24) is 9.97 Å². The fraction of sp³-hybridized carbons (Fsp3) is 0.100. The molecular formula is C20H16N2O2. The topological polar surface area (TPSA) is 48.2 Å². The highest BCUT2D eigenvalue weighted by molar-refractivity contribution is 5.78. The predicted octanol–water partition coefficient (Wildman–Crippen LogP) is 4.87. The normalized spacial score (nSPS) is 10.9. The first kappa shape index (κ1) is 14.5. The minimum atomic E-state index is 0.582. The average molecular weight is 316 g/mol. The van der Waals surface area contributed by atoms with Crippen LogP contribution in [0.1, 0.15) is 5.69 Å². The Morgan fingerprint density at radius 1 is 0.917 bits per heavy atom. The van der Waals surface area contributed by atoms with Crippen molar-refractivity contribution in [1.29, 1.82) is 0 Å². The minimum absolute atomic E-state index is 0.582. The highest BCUT2D eigenvalue weighted by Gasteiger charge is 2.13. The Hall–Kier alpha value is -3.14. The standard InChI is InChI=1S/C20H16N2O2/c1-13-6-5-8-16(21-13)15-11-10-14(12-19(15)23-2)20-22-17-7-3-4-9-18(17)24-20/h3-12H,1-2H3. The molecule has 2 heterocycles. The number of benzene rings is 2. The van der Waals surface area contributed by atoms with Crippen LogP contribution >= 0.6 is 0 Å². The van der Waals surface area contributed by atoms with E-state index in [1.807, 2.05) is 67.6 Å². The summed E-state index contributed by atoms with van der Waals surface area (Å²) >= 11 is 0. The van der Waals surface area contributed by atoms with E-state index in [0.717, 1.165) is 39.4 Å². The van der Waals surface area contributed by atoms with Crippen LogP contribution in [0.3, 0.4) is 0 Å². The van der Waals surface area contributed by atoms with Gasteiger partial charge in [-0.2, -0.15) is 0 Å². The van der Waals surface area contributed by atoms with E-state index in [1.165, 1.54) is 0 Å². The third kappa shape index (κ3) is 2.52. The van der Waals surface area contributed by atoms with E-state index in [4.69, 9.17) is 9.15 Å². The Balaban J connectivity index is 1.81. The fourth-order valence-electron chi connectivity index (χ4n) is 2.72. The summed E-state index contributed by atoms with van der Waals surface area (Å²) in [6.07, 6.45) is 0. The number of fused-ring (bicyclic) bond motifs is 1. The molecule has 4 rings (SSSR count). The second-order valence-electron chi connectivity index (χ2n) is 5.57. The molecule has 118 valence electrons. The number of nitrogens with zero attached hydrogens (tertiary/aromatic N) is 2. The van der Waals surface area contributed by atoms with Crippen LogP contribution in [0.2, 0.25) is 0 Å². The zero-order valence-corrected chi connectivity index (χ0v) is 13.5. The van der Waals surface area contributed by atoms with Crippen molar-refractivity contribution in [3.8, 4) is 28.5 Å². The molecule has 2 aromatic heterocycles. The van der Waals surface area contributed by atoms with Crippen LogP contribution in [0.4, 0.5) is 0 Å². The lowest BCUT2D eigenvalue weighted by atomic mass is 10.1. The number of aryl methyl sites for hydroxylation is 1. The molecule has 0 aliphatic carbocycles. The van der Waals surface area contributed by atoms with Crippen LogP contribution in [-0.4, -0.2) is 17.1 Å². The Morgan fingerprint density at radius 3 is 2.58 bits per heavy atom. The Bertz CT molecular complexity index is 988. The van der Waals surface area contributed by atoms with Crippen LogP contribution in [0.5, 0.6) is 5.75 Å². The monoisotopic (exact) mass is 316 g/mol. The molecule has 0 atom stereocenters. The van der Waals surface area contributed by atoms with E-state index < -0.39 is 0 Å². The number of rotatable bonds is 3. The number of pyridine rings is 1. The van der Waals surface area contributed by atoms with E-state index in [0.29, 0.717) is 5.89 Å². The van der Waals surface area contributed by atoms with E-state index in [9.17, 15) is 0 Å². The number of hydrogen-bond donors (Lipinski definition) is 0. The third-order valence-corrected chi connectivity index (χ3v) is 3.91. The highest BCUT2D eigenvalue weighted by atomic mass is 16.5. The van der Waals surface area contributed by atoms with Crippen molar-refractivity contribution in [2.75, 3.05) is 7.11 Å². The lowest BCUT2D eigenvalue weighted by Crippen LogP contribution is -1.92. The summed E-state index contributed by atoms with van der Waals surface area (Å²) in [6, 6.07) is 19.6. The molecule has 0 fully saturated rings. The van der Waals surface area contributed by atoms with E-state index in [2.05, 4.69) is 9.97 Å². The van der Waals surface area contributed by atoms with Crippen molar-refractivity contribution < 1.29 is 9.15 Å². The maximum atomic E-state index is 5.84. The van der Waals surface area contributed by atoms with Crippen molar-refractivity contribution >= 4 is 11.1 Å². The van der Waals surface area contributed by atoms with Gasteiger partial charge in [0.25, 0.3) is 0 Å². The molecule has 0 aliphatic rings. The average Bonchev–Trinajstić information content (AvgIpc) is 3.05. The number of para-hydroxylation sites is 2. The molecule has 4 heteroatoms. The Morgan fingerprint density at radius 2 is 1.79 bits per heavy atom. The molecule has 0 amide bonds. The summed E-state index contributed by atoms with van der Waals surface area (Å²) in [6.45, 7) is 1.97. The van der Waals surface area contributed by atoms with Gasteiger partial charge in [-0.15, -0.1) is 0 Å². The van der Waals surface area contributed by atoms with Gasteiger partial charge in [-0.05, 0) is 49.4 Å².